The zero-order chi connectivity index (χ0) is 15.7. The highest BCUT2D eigenvalue weighted by atomic mass is 16.5. The fourth-order valence-corrected chi connectivity index (χ4v) is 1.78. The second-order valence-electron chi connectivity index (χ2n) is 4.88. The Morgan fingerprint density at radius 2 is 1.90 bits per heavy atom. The van der Waals surface area contributed by atoms with E-state index in [1.165, 1.54) is 0 Å². The van der Waals surface area contributed by atoms with Crippen LogP contribution in [0.1, 0.15) is 31.9 Å². The lowest BCUT2D eigenvalue weighted by molar-refractivity contribution is -0.137. The molecule has 1 unspecified atom stereocenters. The van der Waals surface area contributed by atoms with Crippen LogP contribution < -0.4 is 10.6 Å². The van der Waals surface area contributed by atoms with E-state index in [1.54, 1.807) is 24.3 Å². The van der Waals surface area contributed by atoms with Crippen molar-refractivity contribution in [3.63, 3.8) is 0 Å². The number of carboxylic acids is 1. The molecular formula is C15H22N2O4. The van der Waals surface area contributed by atoms with Crippen molar-refractivity contribution < 1.29 is 19.4 Å². The minimum Gasteiger partial charge on any atom is -0.481 e. The number of hydrogen-bond acceptors (Lipinski definition) is 3. The number of rotatable bonds is 8. The van der Waals surface area contributed by atoms with Crippen molar-refractivity contribution in [3.05, 3.63) is 35.9 Å². The van der Waals surface area contributed by atoms with Crippen molar-refractivity contribution in [1.29, 1.82) is 0 Å². The predicted molar refractivity (Wildman–Crippen MR) is 79.1 cm³/mol. The number of hydrogen-bond donors (Lipinski definition) is 3. The summed E-state index contributed by atoms with van der Waals surface area (Å²) in [7, 11) is 0. The third kappa shape index (κ3) is 7.31. The first-order valence-electron chi connectivity index (χ1n) is 6.91. The summed E-state index contributed by atoms with van der Waals surface area (Å²) in [5.41, 5.74) is 0.758. The first-order chi connectivity index (χ1) is 9.99. The molecule has 0 heterocycles. The zero-order valence-corrected chi connectivity index (χ0v) is 12.3. The Kier molecular flexibility index (Phi) is 7.25. The normalized spacial score (nSPS) is 12.0. The largest absolute Gasteiger partial charge is 0.481 e. The average molecular weight is 294 g/mol. The second kappa shape index (κ2) is 8.97. The van der Waals surface area contributed by atoms with Gasteiger partial charge >= 0.3 is 12.0 Å². The van der Waals surface area contributed by atoms with Crippen molar-refractivity contribution >= 4 is 12.0 Å². The fourth-order valence-electron chi connectivity index (χ4n) is 1.78. The van der Waals surface area contributed by atoms with Gasteiger partial charge in [-0.2, -0.15) is 0 Å². The lowest BCUT2D eigenvalue weighted by Crippen LogP contribution is -2.40. The Hall–Kier alpha value is -2.08. The number of urea groups is 1. The third-order valence-electron chi connectivity index (χ3n) is 2.72. The minimum atomic E-state index is -0.965. The summed E-state index contributed by atoms with van der Waals surface area (Å²) in [6.45, 7) is 4.62. The van der Waals surface area contributed by atoms with E-state index in [0.717, 1.165) is 5.56 Å². The van der Waals surface area contributed by atoms with Crippen LogP contribution in [0, 0.1) is 0 Å². The van der Waals surface area contributed by atoms with Gasteiger partial charge in [-0.05, 0) is 19.4 Å². The Morgan fingerprint density at radius 1 is 1.24 bits per heavy atom. The standard InChI is InChI=1S/C15H22N2O4/c1-11(2)21-9-8-16-15(20)17-13(10-14(18)19)12-6-4-3-5-7-12/h3-7,11,13H,8-10H2,1-2H3,(H,18,19)(H2,16,17,20). The summed E-state index contributed by atoms with van der Waals surface area (Å²) in [5, 5.41) is 14.3. The Morgan fingerprint density at radius 3 is 2.48 bits per heavy atom. The van der Waals surface area contributed by atoms with Gasteiger partial charge in [0.05, 0.1) is 25.2 Å². The van der Waals surface area contributed by atoms with Crippen LogP contribution in [0.3, 0.4) is 0 Å². The molecule has 2 amide bonds. The van der Waals surface area contributed by atoms with Crippen LogP contribution in [0.4, 0.5) is 4.79 Å². The molecule has 0 spiro atoms. The van der Waals surface area contributed by atoms with Crippen molar-refractivity contribution in [1.82, 2.24) is 10.6 Å². The van der Waals surface area contributed by atoms with Gasteiger partial charge in [0.15, 0.2) is 0 Å². The van der Waals surface area contributed by atoms with Gasteiger partial charge in [0.25, 0.3) is 0 Å². The Labute approximate surface area is 124 Å². The molecule has 0 saturated heterocycles. The van der Waals surface area contributed by atoms with Gasteiger partial charge in [-0.3, -0.25) is 4.79 Å². The van der Waals surface area contributed by atoms with Crippen molar-refractivity contribution in [2.24, 2.45) is 0 Å². The SMILES string of the molecule is CC(C)OCCNC(=O)NC(CC(=O)O)c1ccccc1. The predicted octanol–water partition coefficient (Wildman–Crippen LogP) is 1.93. The summed E-state index contributed by atoms with van der Waals surface area (Å²) in [6.07, 6.45) is -0.0566. The van der Waals surface area contributed by atoms with Crippen molar-refractivity contribution in [2.45, 2.75) is 32.4 Å². The minimum absolute atomic E-state index is 0.110. The molecule has 0 fully saturated rings. The maximum atomic E-state index is 11.8. The number of carbonyl (C=O) groups is 2. The summed E-state index contributed by atoms with van der Waals surface area (Å²) in [6, 6.07) is 8.06. The number of carbonyl (C=O) groups excluding carboxylic acids is 1. The first-order valence-corrected chi connectivity index (χ1v) is 6.91. The van der Waals surface area contributed by atoms with E-state index in [1.807, 2.05) is 19.9 Å². The molecule has 1 aromatic carbocycles. The maximum absolute atomic E-state index is 11.8. The average Bonchev–Trinajstić information content (AvgIpc) is 2.43. The highest BCUT2D eigenvalue weighted by molar-refractivity contribution is 5.76. The fraction of sp³-hybridized carbons (Fsp3) is 0.467. The molecule has 6 nitrogen and oxygen atoms in total. The van der Waals surface area contributed by atoms with Crippen LogP contribution in [0.5, 0.6) is 0 Å². The summed E-state index contributed by atoms with van der Waals surface area (Å²) < 4.78 is 5.31. The van der Waals surface area contributed by atoms with Gasteiger partial charge in [0, 0.05) is 6.54 Å². The number of benzene rings is 1. The molecule has 0 radical (unpaired) electrons. The van der Waals surface area contributed by atoms with E-state index >= 15 is 0 Å². The highest BCUT2D eigenvalue weighted by Crippen LogP contribution is 2.16. The van der Waals surface area contributed by atoms with E-state index in [9.17, 15) is 9.59 Å². The van der Waals surface area contributed by atoms with Gasteiger partial charge in [-0.1, -0.05) is 30.3 Å². The molecular weight excluding hydrogens is 272 g/mol. The van der Waals surface area contributed by atoms with Crippen LogP contribution in [0.2, 0.25) is 0 Å². The van der Waals surface area contributed by atoms with E-state index in [-0.39, 0.29) is 12.5 Å². The smallest absolute Gasteiger partial charge is 0.315 e. The molecule has 0 aliphatic heterocycles. The molecule has 3 N–H and O–H groups in total. The molecule has 116 valence electrons. The molecule has 0 aliphatic carbocycles. The second-order valence-corrected chi connectivity index (χ2v) is 4.88. The molecule has 1 rings (SSSR count). The van der Waals surface area contributed by atoms with Crippen LogP contribution in [0.25, 0.3) is 0 Å². The first kappa shape index (κ1) is 17.0. The molecule has 1 aromatic rings. The summed E-state index contributed by atoms with van der Waals surface area (Å²) >= 11 is 0. The number of ether oxygens (including phenoxy) is 1. The zero-order valence-electron chi connectivity index (χ0n) is 12.3. The lowest BCUT2D eigenvalue weighted by atomic mass is 10.0. The lowest BCUT2D eigenvalue weighted by Gasteiger charge is -2.18. The summed E-state index contributed by atoms with van der Waals surface area (Å²) in [4.78, 5) is 22.7. The Balaban J connectivity index is 2.49. The van der Waals surface area contributed by atoms with Crippen molar-refractivity contribution in [3.8, 4) is 0 Å². The third-order valence-corrected chi connectivity index (χ3v) is 2.72. The molecule has 0 aliphatic rings. The molecule has 1 atom stereocenters. The number of aliphatic carboxylic acids is 1. The van der Waals surface area contributed by atoms with E-state index in [4.69, 9.17) is 9.84 Å². The molecule has 0 bridgehead atoms. The van der Waals surface area contributed by atoms with Crippen LogP contribution in [-0.2, 0) is 9.53 Å². The van der Waals surface area contributed by atoms with Gasteiger partial charge in [0.2, 0.25) is 0 Å². The number of amides is 2. The number of carboxylic acid groups (broad SMARTS) is 1. The van der Waals surface area contributed by atoms with Crippen LogP contribution in [0.15, 0.2) is 30.3 Å². The molecule has 6 heteroatoms. The Bertz CT molecular complexity index is 448. The quantitative estimate of drug-likeness (QED) is 0.639. The van der Waals surface area contributed by atoms with Crippen LogP contribution in [-0.4, -0.2) is 36.4 Å². The monoisotopic (exact) mass is 294 g/mol. The van der Waals surface area contributed by atoms with Crippen molar-refractivity contribution in [2.75, 3.05) is 13.2 Å². The van der Waals surface area contributed by atoms with Crippen LogP contribution >= 0.6 is 0 Å². The highest BCUT2D eigenvalue weighted by Gasteiger charge is 2.17. The van der Waals surface area contributed by atoms with E-state index < -0.39 is 18.0 Å². The maximum Gasteiger partial charge on any atom is 0.315 e. The topological polar surface area (TPSA) is 87.7 Å². The molecule has 21 heavy (non-hydrogen) atoms. The van der Waals surface area contributed by atoms with E-state index in [2.05, 4.69) is 10.6 Å². The molecule has 0 saturated carbocycles. The molecule has 0 aromatic heterocycles. The van der Waals surface area contributed by atoms with Gasteiger partial charge in [-0.25, -0.2) is 4.79 Å². The summed E-state index contributed by atoms with van der Waals surface area (Å²) in [5.74, 6) is -0.965. The van der Waals surface area contributed by atoms with Gasteiger partial charge in [0.1, 0.15) is 0 Å². The van der Waals surface area contributed by atoms with Gasteiger partial charge < -0.3 is 20.5 Å². The van der Waals surface area contributed by atoms with Gasteiger partial charge in [-0.15, -0.1) is 0 Å². The number of nitrogens with one attached hydrogen (secondary N) is 2. The van der Waals surface area contributed by atoms with E-state index in [0.29, 0.717) is 13.2 Å².